The van der Waals surface area contributed by atoms with Gasteiger partial charge in [-0.25, -0.2) is 0 Å². The monoisotopic (exact) mass is 519 g/mol. The molecule has 0 atom stereocenters. The maximum absolute atomic E-state index is 11.1. The van der Waals surface area contributed by atoms with Crippen LogP contribution in [0.1, 0.15) is 156 Å². The summed E-state index contributed by atoms with van der Waals surface area (Å²) >= 11 is 0. The average Bonchev–Trinajstić information content (AvgIpc) is 2.89. The molecule has 0 heterocycles. The predicted octanol–water partition coefficient (Wildman–Crippen LogP) is 9.80. The summed E-state index contributed by atoms with van der Waals surface area (Å²) in [5.41, 5.74) is 1.38. The Hall–Kier alpha value is -0.830. The van der Waals surface area contributed by atoms with Gasteiger partial charge in [0.1, 0.15) is 5.78 Å². The molecule has 1 rings (SSSR count). The Kier molecular flexibility index (Phi) is 21.3. The van der Waals surface area contributed by atoms with Crippen LogP contribution in [0.15, 0.2) is 12.3 Å². The lowest BCUT2D eigenvalue weighted by molar-refractivity contribution is -0.117. The van der Waals surface area contributed by atoms with E-state index >= 15 is 0 Å². The SMILES string of the molecule is C=C(CCCCCCCN(CCCCCCCC(C)=O)CC1CCC(CC)CC1)N(CCC)CCCC. The molecule has 0 saturated heterocycles. The summed E-state index contributed by atoms with van der Waals surface area (Å²) < 4.78 is 0. The van der Waals surface area contributed by atoms with Crippen LogP contribution in [0.3, 0.4) is 0 Å². The molecular weight excluding hydrogens is 452 g/mol. The molecule has 0 aliphatic heterocycles. The van der Waals surface area contributed by atoms with Crippen molar-refractivity contribution in [2.45, 2.75) is 156 Å². The summed E-state index contributed by atoms with van der Waals surface area (Å²) in [4.78, 5) is 16.5. The lowest BCUT2D eigenvalue weighted by Gasteiger charge is -2.32. The summed E-state index contributed by atoms with van der Waals surface area (Å²) in [6.45, 7) is 19.4. The maximum atomic E-state index is 11.1. The van der Waals surface area contributed by atoms with Crippen molar-refractivity contribution in [3.05, 3.63) is 12.3 Å². The molecule has 0 N–H and O–H groups in total. The van der Waals surface area contributed by atoms with Crippen LogP contribution in [0.2, 0.25) is 0 Å². The number of allylic oxidation sites excluding steroid dienone is 1. The third-order valence-electron chi connectivity index (χ3n) is 8.73. The van der Waals surface area contributed by atoms with E-state index in [4.69, 9.17) is 0 Å². The van der Waals surface area contributed by atoms with Crippen molar-refractivity contribution in [3.63, 3.8) is 0 Å². The molecule has 0 bridgehead atoms. The Morgan fingerprint density at radius 3 is 1.73 bits per heavy atom. The van der Waals surface area contributed by atoms with Crippen molar-refractivity contribution < 1.29 is 4.79 Å². The fraction of sp³-hybridized carbons (Fsp3) is 0.912. The highest BCUT2D eigenvalue weighted by Gasteiger charge is 2.21. The second kappa shape index (κ2) is 23.1. The number of carbonyl (C=O) groups excluding carboxylic acids is 1. The zero-order valence-electron chi connectivity index (χ0n) is 25.8. The van der Waals surface area contributed by atoms with Gasteiger partial charge < -0.3 is 14.6 Å². The van der Waals surface area contributed by atoms with E-state index in [1.807, 2.05) is 0 Å². The Morgan fingerprint density at radius 1 is 0.649 bits per heavy atom. The number of nitrogens with zero attached hydrogens (tertiary/aromatic N) is 2. The minimum atomic E-state index is 0.347. The molecule has 0 amide bonds. The van der Waals surface area contributed by atoms with Crippen LogP contribution in [0.25, 0.3) is 0 Å². The quantitative estimate of drug-likeness (QED) is 0.112. The first kappa shape index (κ1) is 34.2. The first-order valence-corrected chi connectivity index (χ1v) is 16.6. The number of ketones is 1. The molecule has 1 saturated carbocycles. The standard InChI is InChI=1S/C34H66N2O/c1-6-9-29-36(26-7-2)31(4)20-16-12-10-14-18-27-35(28-19-15-11-13-17-21-32(5)37)30-34-24-22-33(8-3)23-25-34/h33-34H,4,6-30H2,1-3,5H3. The highest BCUT2D eigenvalue weighted by Crippen LogP contribution is 2.31. The Bertz CT molecular complexity index is 552. The van der Waals surface area contributed by atoms with Crippen molar-refractivity contribution in [1.29, 1.82) is 0 Å². The molecule has 0 radical (unpaired) electrons. The van der Waals surface area contributed by atoms with Gasteiger partial charge in [-0.15, -0.1) is 0 Å². The van der Waals surface area contributed by atoms with Crippen LogP contribution in [0.4, 0.5) is 0 Å². The van der Waals surface area contributed by atoms with E-state index in [1.54, 1.807) is 6.92 Å². The van der Waals surface area contributed by atoms with E-state index in [0.29, 0.717) is 5.78 Å². The van der Waals surface area contributed by atoms with Crippen molar-refractivity contribution in [1.82, 2.24) is 9.80 Å². The lowest BCUT2D eigenvalue weighted by atomic mass is 9.80. The minimum Gasteiger partial charge on any atom is -0.375 e. The average molecular weight is 519 g/mol. The first-order chi connectivity index (χ1) is 18.0. The smallest absolute Gasteiger partial charge is 0.129 e. The molecular formula is C34H66N2O. The maximum Gasteiger partial charge on any atom is 0.129 e. The predicted molar refractivity (Wildman–Crippen MR) is 164 cm³/mol. The second-order valence-corrected chi connectivity index (χ2v) is 12.2. The molecule has 37 heavy (non-hydrogen) atoms. The number of unbranched alkanes of at least 4 members (excludes halogenated alkanes) is 9. The zero-order valence-corrected chi connectivity index (χ0v) is 25.8. The Balaban J connectivity index is 2.27. The minimum absolute atomic E-state index is 0.347. The molecule has 0 aromatic heterocycles. The van der Waals surface area contributed by atoms with Crippen LogP contribution < -0.4 is 0 Å². The van der Waals surface area contributed by atoms with E-state index in [2.05, 4.69) is 37.1 Å². The summed E-state index contributed by atoms with van der Waals surface area (Å²) in [7, 11) is 0. The van der Waals surface area contributed by atoms with Crippen molar-refractivity contribution in [2.24, 2.45) is 11.8 Å². The second-order valence-electron chi connectivity index (χ2n) is 12.2. The van der Waals surface area contributed by atoms with Gasteiger partial charge in [0.05, 0.1) is 0 Å². The number of Topliss-reactive ketones (excluding diaryl/α,β-unsaturated/α-hetero) is 1. The molecule has 3 nitrogen and oxygen atoms in total. The fourth-order valence-corrected chi connectivity index (χ4v) is 6.12. The number of rotatable bonds is 25. The van der Waals surface area contributed by atoms with Crippen molar-refractivity contribution in [3.8, 4) is 0 Å². The number of carbonyl (C=O) groups is 1. The Labute approximate surface area is 233 Å². The van der Waals surface area contributed by atoms with E-state index < -0.39 is 0 Å². The lowest BCUT2D eigenvalue weighted by Crippen LogP contribution is -2.33. The molecule has 0 aromatic rings. The van der Waals surface area contributed by atoms with Gasteiger partial charge in [-0.05, 0) is 89.6 Å². The largest absolute Gasteiger partial charge is 0.375 e. The molecule has 0 aromatic carbocycles. The normalized spacial score (nSPS) is 17.9. The summed E-state index contributed by atoms with van der Waals surface area (Å²) in [5.74, 6) is 2.28. The third-order valence-corrected chi connectivity index (χ3v) is 8.73. The van der Waals surface area contributed by atoms with Gasteiger partial charge in [-0.2, -0.15) is 0 Å². The number of hydrogen-bond donors (Lipinski definition) is 0. The zero-order chi connectivity index (χ0) is 27.1. The van der Waals surface area contributed by atoms with E-state index in [-0.39, 0.29) is 0 Å². The number of hydrogen-bond acceptors (Lipinski definition) is 3. The van der Waals surface area contributed by atoms with Crippen molar-refractivity contribution in [2.75, 3.05) is 32.7 Å². The summed E-state index contributed by atoms with van der Waals surface area (Å²) in [5, 5.41) is 0. The fourth-order valence-electron chi connectivity index (χ4n) is 6.12. The van der Waals surface area contributed by atoms with Crippen LogP contribution in [-0.2, 0) is 4.79 Å². The molecule has 1 aliphatic carbocycles. The van der Waals surface area contributed by atoms with Gasteiger partial charge >= 0.3 is 0 Å². The highest BCUT2D eigenvalue weighted by molar-refractivity contribution is 5.75. The Morgan fingerprint density at radius 2 is 1.19 bits per heavy atom. The van der Waals surface area contributed by atoms with Gasteiger partial charge in [0.2, 0.25) is 0 Å². The van der Waals surface area contributed by atoms with Crippen molar-refractivity contribution >= 4 is 5.78 Å². The third kappa shape index (κ3) is 18.2. The topological polar surface area (TPSA) is 23.6 Å². The van der Waals surface area contributed by atoms with Gasteiger partial charge in [0, 0.05) is 31.8 Å². The molecule has 1 fully saturated rings. The molecule has 0 unspecified atom stereocenters. The van der Waals surface area contributed by atoms with Gasteiger partial charge in [-0.1, -0.05) is 91.6 Å². The molecule has 218 valence electrons. The summed E-state index contributed by atoms with van der Waals surface area (Å²) in [6.07, 6.45) is 26.0. The molecule has 0 spiro atoms. The van der Waals surface area contributed by atoms with E-state index in [9.17, 15) is 4.79 Å². The van der Waals surface area contributed by atoms with E-state index in [0.717, 1.165) is 24.7 Å². The van der Waals surface area contributed by atoms with Crippen LogP contribution in [0.5, 0.6) is 0 Å². The highest BCUT2D eigenvalue weighted by atomic mass is 16.1. The van der Waals surface area contributed by atoms with Crippen LogP contribution in [-0.4, -0.2) is 48.3 Å². The van der Waals surface area contributed by atoms with Gasteiger partial charge in [0.15, 0.2) is 0 Å². The van der Waals surface area contributed by atoms with Gasteiger partial charge in [0.25, 0.3) is 0 Å². The first-order valence-electron chi connectivity index (χ1n) is 16.6. The summed E-state index contributed by atoms with van der Waals surface area (Å²) in [6, 6.07) is 0. The van der Waals surface area contributed by atoms with E-state index in [1.165, 1.54) is 154 Å². The van der Waals surface area contributed by atoms with Crippen LogP contribution >= 0.6 is 0 Å². The molecule has 1 aliphatic rings. The molecule has 3 heteroatoms. The van der Waals surface area contributed by atoms with Gasteiger partial charge in [-0.3, -0.25) is 0 Å². The van der Waals surface area contributed by atoms with Crippen LogP contribution in [0, 0.1) is 11.8 Å².